The van der Waals surface area contributed by atoms with Crippen LogP contribution >= 0.6 is 15.9 Å². The lowest BCUT2D eigenvalue weighted by atomic mass is 9.88. The van der Waals surface area contributed by atoms with Gasteiger partial charge in [0.15, 0.2) is 0 Å². The van der Waals surface area contributed by atoms with Crippen molar-refractivity contribution in [3.05, 3.63) is 12.2 Å². The van der Waals surface area contributed by atoms with Gasteiger partial charge < -0.3 is 9.84 Å². The van der Waals surface area contributed by atoms with Crippen molar-refractivity contribution in [1.82, 2.24) is 0 Å². The van der Waals surface area contributed by atoms with Crippen LogP contribution in [0.5, 0.6) is 0 Å². The summed E-state index contributed by atoms with van der Waals surface area (Å²) < 4.78 is 4.96. The fourth-order valence-electron chi connectivity index (χ4n) is 1.51. The quantitative estimate of drug-likeness (QED) is 0.461. The molecule has 0 fully saturated rings. The van der Waals surface area contributed by atoms with E-state index >= 15 is 0 Å². The van der Waals surface area contributed by atoms with Crippen LogP contribution in [-0.2, 0) is 14.3 Å². The van der Waals surface area contributed by atoms with E-state index in [2.05, 4.69) is 15.9 Å². The maximum Gasteiger partial charge on any atom is 0.303 e. The predicted molar refractivity (Wildman–Crippen MR) is 57.6 cm³/mol. The molecule has 1 aliphatic rings. The van der Waals surface area contributed by atoms with Crippen LogP contribution in [0.15, 0.2) is 12.2 Å². The lowest BCUT2D eigenvalue weighted by molar-refractivity contribution is -0.145. The second-order valence-electron chi connectivity index (χ2n) is 3.53. The molecule has 0 amide bonds. The van der Waals surface area contributed by atoms with E-state index in [9.17, 15) is 14.7 Å². The van der Waals surface area contributed by atoms with Gasteiger partial charge in [-0.2, -0.15) is 0 Å². The number of esters is 1. The minimum Gasteiger partial charge on any atom is -0.457 e. The van der Waals surface area contributed by atoms with Crippen LogP contribution in [0.1, 0.15) is 13.8 Å². The van der Waals surface area contributed by atoms with E-state index in [1.807, 2.05) is 0 Å². The SMILES string of the molecule is CC(=O)O[C@H]1C=C[C@@H](C(C)=O)[C@H](O)[C@@H]1Br. The van der Waals surface area contributed by atoms with Gasteiger partial charge in [0.25, 0.3) is 0 Å². The molecule has 4 atom stereocenters. The highest BCUT2D eigenvalue weighted by Crippen LogP contribution is 2.27. The Labute approximate surface area is 96.4 Å². The number of aliphatic hydroxyl groups is 1. The molecule has 0 saturated heterocycles. The van der Waals surface area contributed by atoms with Gasteiger partial charge in [-0.15, -0.1) is 0 Å². The third-order valence-electron chi connectivity index (χ3n) is 2.29. The maximum absolute atomic E-state index is 11.1. The van der Waals surface area contributed by atoms with Gasteiger partial charge >= 0.3 is 5.97 Å². The molecule has 0 bridgehead atoms. The molecule has 1 N–H and O–H groups in total. The zero-order chi connectivity index (χ0) is 11.6. The summed E-state index contributed by atoms with van der Waals surface area (Å²) >= 11 is 3.23. The smallest absolute Gasteiger partial charge is 0.303 e. The Hall–Kier alpha value is -0.680. The van der Waals surface area contributed by atoms with Gasteiger partial charge in [0.05, 0.1) is 16.8 Å². The normalized spacial score (nSPS) is 34.9. The number of alkyl halides is 1. The Kier molecular flexibility index (Phi) is 4.04. The summed E-state index contributed by atoms with van der Waals surface area (Å²) in [5, 5.41) is 9.78. The highest BCUT2D eigenvalue weighted by molar-refractivity contribution is 9.09. The number of ketones is 1. The van der Waals surface area contributed by atoms with E-state index in [1.54, 1.807) is 12.2 Å². The van der Waals surface area contributed by atoms with Gasteiger partial charge in [-0.1, -0.05) is 22.0 Å². The Morgan fingerprint density at radius 2 is 1.93 bits per heavy atom. The lowest BCUT2D eigenvalue weighted by Gasteiger charge is -2.31. The average Bonchev–Trinajstić information content (AvgIpc) is 2.12. The first-order chi connectivity index (χ1) is 6.93. The van der Waals surface area contributed by atoms with Gasteiger partial charge in [0.1, 0.15) is 11.9 Å². The summed E-state index contributed by atoms with van der Waals surface area (Å²) in [4.78, 5) is 21.5. The zero-order valence-corrected chi connectivity index (χ0v) is 10.1. The molecule has 0 aromatic rings. The average molecular weight is 277 g/mol. The molecule has 15 heavy (non-hydrogen) atoms. The van der Waals surface area contributed by atoms with Gasteiger partial charge in [0, 0.05) is 6.92 Å². The van der Waals surface area contributed by atoms with Crippen molar-refractivity contribution in [3.63, 3.8) is 0 Å². The molecule has 1 rings (SSSR count). The molecule has 0 aliphatic heterocycles. The maximum atomic E-state index is 11.1. The van der Waals surface area contributed by atoms with E-state index in [0.29, 0.717) is 0 Å². The van der Waals surface area contributed by atoms with E-state index in [1.165, 1.54) is 13.8 Å². The first-order valence-electron chi connectivity index (χ1n) is 4.61. The van der Waals surface area contributed by atoms with Crippen LogP contribution in [0.3, 0.4) is 0 Å². The van der Waals surface area contributed by atoms with Gasteiger partial charge in [-0.3, -0.25) is 9.59 Å². The summed E-state index contributed by atoms with van der Waals surface area (Å²) in [7, 11) is 0. The minimum atomic E-state index is -0.864. The summed E-state index contributed by atoms with van der Waals surface area (Å²) in [6.07, 6.45) is 1.82. The highest BCUT2D eigenvalue weighted by atomic mass is 79.9. The molecule has 0 spiro atoms. The molecule has 5 heteroatoms. The van der Waals surface area contributed by atoms with E-state index in [4.69, 9.17) is 4.74 Å². The van der Waals surface area contributed by atoms with Gasteiger partial charge in [0.2, 0.25) is 0 Å². The molecular formula is C10H13BrO4. The van der Waals surface area contributed by atoms with E-state index < -0.39 is 28.9 Å². The Morgan fingerprint density at radius 1 is 1.33 bits per heavy atom. The largest absolute Gasteiger partial charge is 0.457 e. The predicted octanol–water partition coefficient (Wildman–Crippen LogP) is 0.818. The monoisotopic (exact) mass is 276 g/mol. The van der Waals surface area contributed by atoms with Crippen molar-refractivity contribution in [2.75, 3.05) is 0 Å². The molecule has 0 saturated carbocycles. The number of hydrogen-bond donors (Lipinski definition) is 1. The van der Waals surface area contributed by atoms with Gasteiger partial charge in [-0.05, 0) is 13.0 Å². The van der Waals surface area contributed by atoms with Gasteiger partial charge in [-0.25, -0.2) is 0 Å². The molecule has 0 aromatic heterocycles. The van der Waals surface area contributed by atoms with Crippen LogP contribution in [0.4, 0.5) is 0 Å². The summed E-state index contributed by atoms with van der Waals surface area (Å²) in [5.74, 6) is -1.05. The van der Waals surface area contributed by atoms with Crippen molar-refractivity contribution in [3.8, 4) is 0 Å². The number of ether oxygens (including phenoxy) is 1. The van der Waals surface area contributed by atoms with Crippen LogP contribution < -0.4 is 0 Å². The molecule has 4 nitrogen and oxygen atoms in total. The lowest BCUT2D eigenvalue weighted by Crippen LogP contribution is -2.43. The topological polar surface area (TPSA) is 63.6 Å². The fourth-order valence-corrected chi connectivity index (χ4v) is 2.13. The third-order valence-corrected chi connectivity index (χ3v) is 3.35. The first kappa shape index (κ1) is 12.4. The van der Waals surface area contributed by atoms with Crippen molar-refractivity contribution >= 4 is 27.7 Å². The van der Waals surface area contributed by atoms with Crippen molar-refractivity contribution < 1.29 is 19.4 Å². The third kappa shape index (κ3) is 2.89. The Balaban J connectivity index is 2.78. The van der Waals surface area contributed by atoms with Crippen LogP contribution in [0, 0.1) is 5.92 Å². The van der Waals surface area contributed by atoms with Crippen molar-refractivity contribution in [2.24, 2.45) is 5.92 Å². The van der Waals surface area contributed by atoms with Crippen LogP contribution in [-0.4, -0.2) is 33.9 Å². The fraction of sp³-hybridized carbons (Fsp3) is 0.600. The number of carbonyl (C=O) groups is 2. The molecule has 0 unspecified atom stereocenters. The van der Waals surface area contributed by atoms with Crippen molar-refractivity contribution in [2.45, 2.75) is 30.9 Å². The summed E-state index contributed by atoms with van der Waals surface area (Å²) in [6.45, 7) is 2.72. The number of hydrogen-bond acceptors (Lipinski definition) is 4. The van der Waals surface area contributed by atoms with Crippen LogP contribution in [0.2, 0.25) is 0 Å². The number of Topliss-reactive ketones (excluding diaryl/α,β-unsaturated/α-hetero) is 1. The summed E-state index contributed by atoms with van der Waals surface area (Å²) in [6, 6.07) is 0. The zero-order valence-electron chi connectivity index (χ0n) is 8.51. The second kappa shape index (κ2) is 4.90. The number of halogens is 1. The van der Waals surface area contributed by atoms with Crippen LogP contribution in [0.25, 0.3) is 0 Å². The van der Waals surface area contributed by atoms with E-state index in [-0.39, 0.29) is 5.78 Å². The first-order valence-corrected chi connectivity index (χ1v) is 5.53. The molecule has 0 aromatic carbocycles. The molecule has 0 radical (unpaired) electrons. The number of aliphatic hydroxyl groups excluding tert-OH is 1. The summed E-state index contributed by atoms with van der Waals surface area (Å²) in [5.41, 5.74) is 0. The Bertz CT molecular complexity index is 300. The molecule has 1 aliphatic carbocycles. The molecular weight excluding hydrogens is 264 g/mol. The Morgan fingerprint density at radius 3 is 2.40 bits per heavy atom. The standard InChI is InChI=1S/C10H13BrO4/c1-5(12)7-3-4-8(15-6(2)13)9(11)10(7)14/h3-4,7-10,14H,1-2H3/t7-,8-,9+,10-/m0/s1. The number of rotatable bonds is 2. The van der Waals surface area contributed by atoms with E-state index in [0.717, 1.165) is 0 Å². The highest BCUT2D eigenvalue weighted by Gasteiger charge is 2.37. The number of carbonyl (C=O) groups excluding carboxylic acids is 2. The molecule has 84 valence electrons. The minimum absolute atomic E-state index is 0.107. The second-order valence-corrected chi connectivity index (χ2v) is 4.59. The van der Waals surface area contributed by atoms with Crippen molar-refractivity contribution in [1.29, 1.82) is 0 Å². The molecule has 0 heterocycles.